The molecule has 1 aromatic heterocycles. The predicted molar refractivity (Wildman–Crippen MR) is 71.4 cm³/mol. The van der Waals surface area contributed by atoms with Gasteiger partial charge in [-0.2, -0.15) is 8.42 Å². The van der Waals surface area contributed by atoms with Crippen LogP contribution in [0.25, 0.3) is 11.5 Å². The highest BCUT2D eigenvalue weighted by molar-refractivity contribution is 7.86. The summed E-state index contributed by atoms with van der Waals surface area (Å²) in [7, 11) is -4.05. The van der Waals surface area contributed by atoms with Crippen molar-refractivity contribution in [1.82, 2.24) is 4.98 Å². The van der Waals surface area contributed by atoms with Crippen LogP contribution in [0.2, 0.25) is 0 Å². The maximum atomic E-state index is 11.0. The van der Waals surface area contributed by atoms with Gasteiger partial charge < -0.3 is 4.42 Å². The number of aryl methyl sites for hydroxylation is 1. The minimum Gasteiger partial charge on any atom is -0.441 e. The molecule has 0 saturated heterocycles. The lowest BCUT2D eigenvalue weighted by molar-refractivity contribution is 0.468. The standard InChI is InChI=1S/C13H15NO4S/c1-9(19(15,16)17)8-12-10(2)18-13(14-12)11-6-4-3-5-7-11/h3-7,9H,8H2,1-2H3,(H,15,16,17). The molecular formula is C13H15NO4S. The Balaban J connectivity index is 2.28. The van der Waals surface area contributed by atoms with Crippen LogP contribution >= 0.6 is 0 Å². The van der Waals surface area contributed by atoms with Crippen LogP contribution in [0.1, 0.15) is 18.4 Å². The predicted octanol–water partition coefficient (Wildman–Crippen LogP) is 2.47. The third-order valence-corrected chi connectivity index (χ3v) is 4.09. The number of rotatable bonds is 4. The molecule has 1 unspecified atom stereocenters. The number of benzene rings is 1. The van der Waals surface area contributed by atoms with Crippen molar-refractivity contribution < 1.29 is 17.4 Å². The van der Waals surface area contributed by atoms with Crippen molar-refractivity contribution in [3.8, 4) is 11.5 Å². The van der Waals surface area contributed by atoms with Gasteiger partial charge in [0.25, 0.3) is 10.1 Å². The van der Waals surface area contributed by atoms with E-state index in [2.05, 4.69) is 4.98 Å². The number of hydrogen-bond donors (Lipinski definition) is 1. The van der Waals surface area contributed by atoms with Crippen molar-refractivity contribution in [3.63, 3.8) is 0 Å². The summed E-state index contributed by atoms with van der Waals surface area (Å²) in [6.07, 6.45) is 0.126. The average molecular weight is 281 g/mol. The second-order valence-electron chi connectivity index (χ2n) is 4.42. The van der Waals surface area contributed by atoms with Crippen molar-refractivity contribution in [3.05, 3.63) is 41.8 Å². The number of hydrogen-bond acceptors (Lipinski definition) is 4. The molecule has 1 atom stereocenters. The van der Waals surface area contributed by atoms with E-state index < -0.39 is 15.4 Å². The SMILES string of the molecule is Cc1oc(-c2ccccc2)nc1CC(C)S(=O)(=O)O. The van der Waals surface area contributed by atoms with Crippen LogP contribution in [0.5, 0.6) is 0 Å². The van der Waals surface area contributed by atoms with Crippen molar-refractivity contribution in [2.75, 3.05) is 0 Å². The first kappa shape index (κ1) is 13.8. The number of aromatic nitrogens is 1. The zero-order valence-electron chi connectivity index (χ0n) is 10.7. The second kappa shape index (κ2) is 5.14. The second-order valence-corrected chi connectivity index (χ2v) is 6.25. The Bertz CT molecular complexity index is 661. The van der Waals surface area contributed by atoms with Gasteiger partial charge in [0.15, 0.2) is 0 Å². The van der Waals surface area contributed by atoms with Gasteiger partial charge in [0.05, 0.1) is 10.9 Å². The summed E-state index contributed by atoms with van der Waals surface area (Å²) >= 11 is 0. The van der Waals surface area contributed by atoms with Crippen LogP contribution in [0.3, 0.4) is 0 Å². The van der Waals surface area contributed by atoms with Gasteiger partial charge in [0.2, 0.25) is 5.89 Å². The highest BCUT2D eigenvalue weighted by Crippen LogP contribution is 2.22. The Kier molecular flexibility index (Phi) is 3.73. The Labute approximate surface area is 112 Å². The molecule has 1 heterocycles. The normalized spacial score (nSPS) is 13.4. The van der Waals surface area contributed by atoms with Crippen LogP contribution in [0.4, 0.5) is 0 Å². The first-order valence-corrected chi connectivity index (χ1v) is 7.36. The fourth-order valence-electron chi connectivity index (χ4n) is 1.70. The minimum atomic E-state index is -4.05. The molecule has 0 bridgehead atoms. The van der Waals surface area contributed by atoms with Crippen LogP contribution in [0.15, 0.2) is 34.7 Å². The molecule has 0 aliphatic carbocycles. The van der Waals surface area contributed by atoms with E-state index in [0.717, 1.165) is 5.56 Å². The van der Waals surface area contributed by atoms with Gasteiger partial charge in [0.1, 0.15) is 5.76 Å². The lowest BCUT2D eigenvalue weighted by Crippen LogP contribution is -2.19. The molecule has 102 valence electrons. The molecule has 2 aromatic rings. The fraction of sp³-hybridized carbons (Fsp3) is 0.308. The Morgan fingerprint density at radius 1 is 1.32 bits per heavy atom. The maximum Gasteiger partial charge on any atom is 0.267 e. The van der Waals surface area contributed by atoms with E-state index in [-0.39, 0.29) is 6.42 Å². The number of nitrogens with zero attached hydrogens (tertiary/aromatic N) is 1. The summed E-state index contributed by atoms with van der Waals surface area (Å²) in [6.45, 7) is 3.16. The van der Waals surface area contributed by atoms with Crippen molar-refractivity contribution in [1.29, 1.82) is 0 Å². The van der Waals surface area contributed by atoms with E-state index in [1.54, 1.807) is 6.92 Å². The molecular weight excluding hydrogens is 266 g/mol. The lowest BCUT2D eigenvalue weighted by Gasteiger charge is -2.05. The Hall–Kier alpha value is -1.66. The molecule has 0 aliphatic heterocycles. The van der Waals surface area contributed by atoms with E-state index in [1.165, 1.54) is 6.92 Å². The first-order valence-electron chi connectivity index (χ1n) is 5.86. The largest absolute Gasteiger partial charge is 0.441 e. The van der Waals surface area contributed by atoms with E-state index in [4.69, 9.17) is 8.97 Å². The molecule has 1 N–H and O–H groups in total. The fourth-order valence-corrected chi connectivity index (χ4v) is 2.07. The van der Waals surface area contributed by atoms with Crippen molar-refractivity contribution in [2.24, 2.45) is 0 Å². The lowest BCUT2D eigenvalue weighted by atomic mass is 10.2. The summed E-state index contributed by atoms with van der Waals surface area (Å²) in [4.78, 5) is 4.29. The van der Waals surface area contributed by atoms with E-state index >= 15 is 0 Å². The monoisotopic (exact) mass is 281 g/mol. The molecule has 5 nitrogen and oxygen atoms in total. The molecule has 0 radical (unpaired) electrons. The Morgan fingerprint density at radius 2 is 1.95 bits per heavy atom. The van der Waals surface area contributed by atoms with Crippen LogP contribution < -0.4 is 0 Å². The smallest absolute Gasteiger partial charge is 0.267 e. The minimum absolute atomic E-state index is 0.126. The maximum absolute atomic E-state index is 11.0. The van der Waals surface area contributed by atoms with Crippen molar-refractivity contribution >= 4 is 10.1 Å². The van der Waals surface area contributed by atoms with Gasteiger partial charge in [-0.15, -0.1) is 0 Å². The molecule has 0 saturated carbocycles. The third-order valence-electron chi connectivity index (χ3n) is 2.90. The molecule has 0 spiro atoms. The summed E-state index contributed by atoms with van der Waals surface area (Å²) in [5.74, 6) is 1.02. The molecule has 1 aromatic carbocycles. The van der Waals surface area contributed by atoms with Gasteiger partial charge in [0, 0.05) is 12.0 Å². The zero-order chi connectivity index (χ0) is 14.0. The van der Waals surface area contributed by atoms with Crippen LogP contribution in [0, 0.1) is 6.92 Å². The highest BCUT2D eigenvalue weighted by atomic mass is 32.2. The first-order chi connectivity index (χ1) is 8.88. The number of oxazole rings is 1. The summed E-state index contributed by atoms with van der Waals surface area (Å²) in [5.41, 5.74) is 1.38. The van der Waals surface area contributed by atoms with Gasteiger partial charge >= 0.3 is 0 Å². The molecule has 0 amide bonds. The van der Waals surface area contributed by atoms with E-state index in [1.807, 2.05) is 30.3 Å². The molecule has 6 heteroatoms. The average Bonchev–Trinajstić information content (AvgIpc) is 2.71. The summed E-state index contributed by atoms with van der Waals surface area (Å²) in [6, 6.07) is 9.36. The van der Waals surface area contributed by atoms with Gasteiger partial charge in [-0.1, -0.05) is 18.2 Å². The Morgan fingerprint density at radius 3 is 2.53 bits per heavy atom. The van der Waals surface area contributed by atoms with Crippen LogP contribution in [-0.4, -0.2) is 23.2 Å². The van der Waals surface area contributed by atoms with Gasteiger partial charge in [-0.3, -0.25) is 4.55 Å². The highest BCUT2D eigenvalue weighted by Gasteiger charge is 2.21. The molecule has 2 rings (SSSR count). The van der Waals surface area contributed by atoms with E-state index in [0.29, 0.717) is 17.3 Å². The topological polar surface area (TPSA) is 80.4 Å². The quantitative estimate of drug-likeness (QED) is 0.871. The molecule has 19 heavy (non-hydrogen) atoms. The summed E-state index contributed by atoms with van der Waals surface area (Å²) in [5, 5.41) is -0.903. The van der Waals surface area contributed by atoms with Gasteiger partial charge in [-0.25, -0.2) is 4.98 Å². The van der Waals surface area contributed by atoms with E-state index in [9.17, 15) is 8.42 Å². The van der Waals surface area contributed by atoms with Gasteiger partial charge in [-0.05, 0) is 26.0 Å². The van der Waals surface area contributed by atoms with Crippen molar-refractivity contribution in [2.45, 2.75) is 25.5 Å². The molecule has 0 aliphatic rings. The summed E-state index contributed by atoms with van der Waals surface area (Å²) < 4.78 is 36.5. The van der Waals surface area contributed by atoms with Crippen LogP contribution in [-0.2, 0) is 16.5 Å². The zero-order valence-corrected chi connectivity index (χ0v) is 11.5. The third kappa shape index (κ3) is 3.21. The molecule has 0 fully saturated rings.